The number of benzene rings is 2. The van der Waals surface area contributed by atoms with Gasteiger partial charge in [0.2, 0.25) is 0 Å². The average Bonchev–Trinajstić information content (AvgIpc) is 2.53. The van der Waals surface area contributed by atoms with E-state index >= 15 is 0 Å². The Morgan fingerprint density at radius 1 is 1.18 bits per heavy atom. The molecule has 0 spiro atoms. The van der Waals surface area contributed by atoms with Crippen molar-refractivity contribution in [2.24, 2.45) is 0 Å². The van der Waals surface area contributed by atoms with Gasteiger partial charge in [-0.25, -0.2) is 0 Å². The van der Waals surface area contributed by atoms with E-state index in [0.717, 1.165) is 15.4 Å². The highest BCUT2D eigenvalue weighted by Crippen LogP contribution is 2.23. The summed E-state index contributed by atoms with van der Waals surface area (Å²) in [6.07, 6.45) is 1.66. The first-order valence-corrected chi connectivity index (χ1v) is 7.53. The average molecular weight is 357 g/mol. The number of rotatable bonds is 3. The Hall–Kier alpha value is -2.40. The molecule has 0 atom stereocenters. The minimum absolute atomic E-state index is 0.0474. The van der Waals surface area contributed by atoms with Gasteiger partial charge in [-0.3, -0.25) is 9.78 Å². The summed E-state index contributed by atoms with van der Waals surface area (Å²) >= 11 is 3.37. The van der Waals surface area contributed by atoms with Gasteiger partial charge in [-0.1, -0.05) is 34.1 Å². The SMILES string of the molecule is O=C(NCc1ccc(Br)cc1)c1cc2ncccc2cc1O. The van der Waals surface area contributed by atoms with E-state index in [9.17, 15) is 9.90 Å². The second-order valence-corrected chi connectivity index (χ2v) is 5.79. The molecule has 3 rings (SSSR count). The Balaban J connectivity index is 1.79. The summed E-state index contributed by atoms with van der Waals surface area (Å²) in [5.74, 6) is -0.373. The smallest absolute Gasteiger partial charge is 0.255 e. The van der Waals surface area contributed by atoms with Crippen molar-refractivity contribution in [3.63, 3.8) is 0 Å². The quantitative estimate of drug-likeness (QED) is 0.753. The molecule has 2 aromatic carbocycles. The Morgan fingerprint density at radius 3 is 2.73 bits per heavy atom. The van der Waals surface area contributed by atoms with E-state index in [4.69, 9.17) is 0 Å². The Bertz CT molecular complexity index is 832. The summed E-state index contributed by atoms with van der Waals surface area (Å²) in [5, 5.41) is 13.6. The maximum atomic E-state index is 12.2. The molecule has 0 aliphatic carbocycles. The molecule has 22 heavy (non-hydrogen) atoms. The highest BCUT2D eigenvalue weighted by molar-refractivity contribution is 9.10. The molecule has 110 valence electrons. The lowest BCUT2D eigenvalue weighted by molar-refractivity contribution is 0.0948. The standard InChI is InChI=1S/C17H13BrN2O2/c18-13-5-3-11(4-6-13)10-20-17(22)14-9-15-12(8-16(14)21)2-1-7-19-15/h1-9,21H,10H2,(H,20,22). The monoisotopic (exact) mass is 356 g/mol. The molecule has 0 radical (unpaired) electrons. The zero-order chi connectivity index (χ0) is 15.5. The largest absolute Gasteiger partial charge is 0.507 e. The number of hydrogen-bond donors (Lipinski definition) is 2. The highest BCUT2D eigenvalue weighted by atomic mass is 79.9. The lowest BCUT2D eigenvalue weighted by Gasteiger charge is -2.08. The van der Waals surface area contributed by atoms with E-state index in [2.05, 4.69) is 26.2 Å². The predicted molar refractivity (Wildman–Crippen MR) is 88.7 cm³/mol. The predicted octanol–water partition coefficient (Wildman–Crippen LogP) is 3.63. The minimum atomic E-state index is -0.326. The van der Waals surface area contributed by atoms with Crippen molar-refractivity contribution < 1.29 is 9.90 Å². The number of halogens is 1. The molecule has 1 heterocycles. The zero-order valence-corrected chi connectivity index (χ0v) is 13.2. The van der Waals surface area contributed by atoms with Crippen LogP contribution in [0.25, 0.3) is 10.9 Å². The van der Waals surface area contributed by atoms with Crippen LogP contribution in [0.15, 0.2) is 59.2 Å². The first-order chi connectivity index (χ1) is 10.6. The zero-order valence-electron chi connectivity index (χ0n) is 11.6. The topological polar surface area (TPSA) is 62.2 Å². The van der Waals surface area contributed by atoms with Crippen LogP contribution in [0.4, 0.5) is 0 Å². The Kier molecular flexibility index (Phi) is 4.06. The summed E-state index contributed by atoms with van der Waals surface area (Å²) in [5.41, 5.74) is 1.88. The molecule has 0 fully saturated rings. The summed E-state index contributed by atoms with van der Waals surface area (Å²) < 4.78 is 0.987. The number of aromatic nitrogens is 1. The van der Waals surface area contributed by atoms with E-state index in [-0.39, 0.29) is 17.2 Å². The fourth-order valence-corrected chi connectivity index (χ4v) is 2.43. The molecule has 0 saturated carbocycles. The van der Waals surface area contributed by atoms with Crippen LogP contribution in [0.5, 0.6) is 5.75 Å². The molecule has 0 aliphatic heterocycles. The van der Waals surface area contributed by atoms with Gasteiger partial charge < -0.3 is 10.4 Å². The third-order valence-corrected chi connectivity index (χ3v) is 3.86. The number of carbonyl (C=O) groups excluding carboxylic acids is 1. The molecule has 0 unspecified atom stereocenters. The number of fused-ring (bicyclic) bond motifs is 1. The third kappa shape index (κ3) is 3.09. The van der Waals surface area contributed by atoms with Crippen molar-refractivity contribution in [3.8, 4) is 5.75 Å². The maximum absolute atomic E-state index is 12.2. The van der Waals surface area contributed by atoms with Crippen LogP contribution in [0.1, 0.15) is 15.9 Å². The number of hydrogen-bond acceptors (Lipinski definition) is 3. The normalized spacial score (nSPS) is 10.6. The van der Waals surface area contributed by atoms with Crippen LogP contribution in [0.2, 0.25) is 0 Å². The van der Waals surface area contributed by atoms with Crippen LogP contribution >= 0.6 is 15.9 Å². The fourth-order valence-electron chi connectivity index (χ4n) is 2.17. The van der Waals surface area contributed by atoms with Gasteiger partial charge in [-0.2, -0.15) is 0 Å². The van der Waals surface area contributed by atoms with Gasteiger partial charge in [0.15, 0.2) is 0 Å². The van der Waals surface area contributed by atoms with Crippen molar-refractivity contribution in [3.05, 3.63) is 70.3 Å². The number of phenols is 1. The molecule has 4 nitrogen and oxygen atoms in total. The maximum Gasteiger partial charge on any atom is 0.255 e. The van der Waals surface area contributed by atoms with Crippen molar-refractivity contribution >= 4 is 32.7 Å². The summed E-state index contributed by atoms with van der Waals surface area (Å²) in [6.45, 7) is 0.395. The number of nitrogens with zero attached hydrogens (tertiary/aromatic N) is 1. The second kappa shape index (κ2) is 6.15. The number of aromatic hydroxyl groups is 1. The molecule has 1 amide bonds. The van der Waals surface area contributed by atoms with Crippen LogP contribution in [0, 0.1) is 0 Å². The molecule has 5 heteroatoms. The molecule has 0 bridgehead atoms. The molecular weight excluding hydrogens is 344 g/mol. The summed E-state index contributed by atoms with van der Waals surface area (Å²) in [4.78, 5) is 16.4. The van der Waals surface area contributed by atoms with Crippen LogP contribution in [-0.4, -0.2) is 16.0 Å². The first kappa shape index (κ1) is 14.5. The van der Waals surface area contributed by atoms with E-state index in [0.29, 0.717) is 12.1 Å². The lowest BCUT2D eigenvalue weighted by atomic mass is 10.1. The van der Waals surface area contributed by atoms with Gasteiger partial charge in [-0.05, 0) is 35.9 Å². The first-order valence-electron chi connectivity index (χ1n) is 6.74. The molecule has 2 N–H and O–H groups in total. The van der Waals surface area contributed by atoms with E-state index in [1.165, 1.54) is 0 Å². The van der Waals surface area contributed by atoms with Crippen LogP contribution in [-0.2, 0) is 6.54 Å². The molecular formula is C17H13BrN2O2. The Morgan fingerprint density at radius 2 is 1.95 bits per heavy atom. The third-order valence-electron chi connectivity index (χ3n) is 3.33. The van der Waals surface area contributed by atoms with E-state index in [1.54, 1.807) is 24.4 Å². The van der Waals surface area contributed by atoms with E-state index in [1.807, 2.05) is 30.3 Å². The highest BCUT2D eigenvalue weighted by Gasteiger charge is 2.12. The van der Waals surface area contributed by atoms with Crippen molar-refractivity contribution in [2.45, 2.75) is 6.54 Å². The number of amides is 1. The second-order valence-electron chi connectivity index (χ2n) is 4.87. The van der Waals surface area contributed by atoms with Gasteiger partial charge in [-0.15, -0.1) is 0 Å². The van der Waals surface area contributed by atoms with Gasteiger partial charge >= 0.3 is 0 Å². The summed E-state index contributed by atoms with van der Waals surface area (Å²) in [7, 11) is 0. The van der Waals surface area contributed by atoms with Gasteiger partial charge in [0.1, 0.15) is 5.75 Å². The number of nitrogens with one attached hydrogen (secondary N) is 1. The number of phenolic OH excluding ortho intramolecular Hbond substituents is 1. The van der Waals surface area contributed by atoms with E-state index < -0.39 is 0 Å². The van der Waals surface area contributed by atoms with Gasteiger partial charge in [0.05, 0.1) is 11.1 Å². The van der Waals surface area contributed by atoms with Crippen LogP contribution < -0.4 is 5.32 Å². The molecule has 0 aliphatic rings. The number of pyridine rings is 1. The fraction of sp³-hybridized carbons (Fsp3) is 0.0588. The summed E-state index contributed by atoms with van der Waals surface area (Å²) in [6, 6.07) is 14.5. The van der Waals surface area contributed by atoms with Gasteiger partial charge in [0.25, 0.3) is 5.91 Å². The van der Waals surface area contributed by atoms with Crippen molar-refractivity contribution in [1.82, 2.24) is 10.3 Å². The molecule has 1 aromatic heterocycles. The number of carbonyl (C=O) groups is 1. The molecule has 0 saturated heterocycles. The van der Waals surface area contributed by atoms with Crippen molar-refractivity contribution in [2.75, 3.05) is 0 Å². The van der Waals surface area contributed by atoms with Crippen molar-refractivity contribution in [1.29, 1.82) is 0 Å². The van der Waals surface area contributed by atoms with Crippen LogP contribution in [0.3, 0.4) is 0 Å². The van der Waals surface area contributed by atoms with Gasteiger partial charge in [0, 0.05) is 22.6 Å². The minimum Gasteiger partial charge on any atom is -0.507 e. The Labute approximate surface area is 135 Å². The molecule has 3 aromatic rings. The lowest BCUT2D eigenvalue weighted by Crippen LogP contribution is -2.22.